The van der Waals surface area contributed by atoms with Gasteiger partial charge >= 0.3 is 5.97 Å². The molecule has 5 nitrogen and oxygen atoms in total. The SMILES string of the molecule is C=C1CC2C3CCC4=CC(=O)C=C[C@]4(C)[C@@]3(F)[C@@H](O)C[C@]2(C)[C@@]1(OC(=O)CC)C(=O)SCCl. The summed E-state index contributed by atoms with van der Waals surface area (Å²) in [5.41, 5.74) is -4.78. The van der Waals surface area contributed by atoms with Crippen LogP contribution in [0.5, 0.6) is 0 Å². The van der Waals surface area contributed by atoms with Gasteiger partial charge in [0.2, 0.25) is 10.7 Å². The lowest BCUT2D eigenvalue weighted by atomic mass is 9.45. The van der Waals surface area contributed by atoms with Gasteiger partial charge < -0.3 is 9.84 Å². The van der Waals surface area contributed by atoms with Crippen LogP contribution in [0, 0.1) is 22.7 Å². The standard InChI is InChI=1S/C25H30ClFO5S/c1-5-20(30)32-25(21(31)33-13-26)14(2)10-18-17-7-6-15-11-16(28)8-9-22(15,3)24(17,27)19(29)12-23(18,25)4/h8-9,11,17-19,29H,2,5-7,10,12-13H2,1,3-4H3/t17?,18?,19-,22-,23-,24-,25-/m0/s1. The summed E-state index contributed by atoms with van der Waals surface area (Å²) in [7, 11) is 0. The summed E-state index contributed by atoms with van der Waals surface area (Å²) >= 11 is 6.71. The topological polar surface area (TPSA) is 80.7 Å². The molecular formula is C25H30ClFO5S. The van der Waals surface area contributed by atoms with Crippen LogP contribution in [0.25, 0.3) is 0 Å². The van der Waals surface area contributed by atoms with Gasteiger partial charge in [0.1, 0.15) is 0 Å². The summed E-state index contributed by atoms with van der Waals surface area (Å²) in [4.78, 5) is 37.9. The molecule has 4 rings (SSSR count). The Bertz CT molecular complexity index is 993. The van der Waals surface area contributed by atoms with Gasteiger partial charge in [0.25, 0.3) is 0 Å². The highest BCUT2D eigenvalue weighted by molar-refractivity contribution is 8.14. The fraction of sp³-hybridized carbons (Fsp3) is 0.640. The quantitative estimate of drug-likeness (QED) is 0.346. The number of carbonyl (C=O) groups excluding carboxylic acids is 3. The van der Waals surface area contributed by atoms with Crippen molar-refractivity contribution >= 4 is 40.2 Å². The molecule has 0 radical (unpaired) electrons. The molecule has 3 saturated carbocycles. The molecule has 0 heterocycles. The molecule has 1 N–H and O–H groups in total. The maximum atomic E-state index is 17.2. The summed E-state index contributed by atoms with van der Waals surface area (Å²) in [5.74, 6) is -1.72. The van der Waals surface area contributed by atoms with E-state index in [1.165, 1.54) is 12.2 Å². The van der Waals surface area contributed by atoms with E-state index >= 15 is 4.39 Å². The van der Waals surface area contributed by atoms with E-state index in [1.807, 2.05) is 6.92 Å². The zero-order valence-corrected chi connectivity index (χ0v) is 20.7. The van der Waals surface area contributed by atoms with E-state index in [4.69, 9.17) is 16.3 Å². The molecule has 7 atom stereocenters. The third kappa shape index (κ3) is 3.04. The van der Waals surface area contributed by atoms with E-state index in [0.29, 0.717) is 30.4 Å². The van der Waals surface area contributed by atoms with Gasteiger partial charge in [-0.1, -0.05) is 43.8 Å². The van der Waals surface area contributed by atoms with Crippen LogP contribution in [0.3, 0.4) is 0 Å². The third-order valence-electron chi connectivity index (χ3n) is 8.83. The first-order chi connectivity index (χ1) is 15.4. The van der Waals surface area contributed by atoms with Crippen molar-refractivity contribution in [2.24, 2.45) is 22.7 Å². The number of fused-ring (bicyclic) bond motifs is 5. The van der Waals surface area contributed by atoms with E-state index in [0.717, 1.165) is 11.8 Å². The second-order valence-corrected chi connectivity index (χ2v) is 11.7. The van der Waals surface area contributed by atoms with Gasteiger partial charge in [-0.3, -0.25) is 14.4 Å². The molecule has 3 fully saturated rings. The molecule has 0 aromatic rings. The first-order valence-electron chi connectivity index (χ1n) is 11.4. The molecule has 0 aromatic carbocycles. The Morgan fingerprint density at radius 1 is 1.36 bits per heavy atom. The van der Waals surface area contributed by atoms with Crippen molar-refractivity contribution in [2.75, 3.05) is 5.21 Å². The van der Waals surface area contributed by atoms with E-state index < -0.39 is 45.2 Å². The molecule has 0 aliphatic heterocycles. The molecule has 33 heavy (non-hydrogen) atoms. The average Bonchev–Trinajstić information content (AvgIpc) is 2.97. The Kier molecular flexibility index (Phi) is 6.03. The number of rotatable bonds is 4. The second kappa shape index (κ2) is 8.06. The molecular weight excluding hydrogens is 467 g/mol. The summed E-state index contributed by atoms with van der Waals surface area (Å²) < 4.78 is 23.1. The second-order valence-electron chi connectivity index (χ2n) is 10.1. The highest BCUT2D eigenvalue weighted by Gasteiger charge is 2.76. The fourth-order valence-electron chi connectivity index (χ4n) is 7.16. The molecule has 0 bridgehead atoms. The van der Waals surface area contributed by atoms with Gasteiger partial charge in [-0.25, -0.2) is 4.39 Å². The highest BCUT2D eigenvalue weighted by Crippen LogP contribution is 2.71. The number of aliphatic hydroxyl groups is 1. The number of allylic oxidation sites excluding steroid dienone is 4. The lowest BCUT2D eigenvalue weighted by molar-refractivity contribution is -0.220. The van der Waals surface area contributed by atoms with Crippen LogP contribution in [-0.4, -0.2) is 44.6 Å². The fourth-order valence-corrected chi connectivity index (χ4v) is 8.18. The Hall–Kier alpha value is -1.44. The monoisotopic (exact) mass is 496 g/mol. The van der Waals surface area contributed by atoms with Crippen LogP contribution in [0.4, 0.5) is 4.39 Å². The number of ketones is 1. The summed E-state index contributed by atoms with van der Waals surface area (Å²) in [6.07, 6.45) is 4.23. The number of alkyl halides is 2. The molecule has 2 unspecified atom stereocenters. The maximum absolute atomic E-state index is 17.2. The van der Waals surface area contributed by atoms with Crippen molar-refractivity contribution in [2.45, 2.75) is 70.2 Å². The highest BCUT2D eigenvalue weighted by atomic mass is 35.5. The van der Waals surface area contributed by atoms with Crippen molar-refractivity contribution in [3.05, 3.63) is 36.0 Å². The van der Waals surface area contributed by atoms with E-state index in [-0.39, 0.29) is 29.8 Å². The summed E-state index contributed by atoms with van der Waals surface area (Å²) in [6.45, 7) is 9.32. The maximum Gasteiger partial charge on any atom is 0.306 e. The Labute approximate surface area is 202 Å². The van der Waals surface area contributed by atoms with Crippen LogP contribution < -0.4 is 0 Å². The first-order valence-corrected chi connectivity index (χ1v) is 12.9. The third-order valence-corrected chi connectivity index (χ3v) is 9.81. The number of hydrogen-bond acceptors (Lipinski definition) is 6. The van der Waals surface area contributed by atoms with Crippen LogP contribution in [0.15, 0.2) is 36.0 Å². The summed E-state index contributed by atoms with van der Waals surface area (Å²) in [6, 6.07) is 0. The van der Waals surface area contributed by atoms with Gasteiger partial charge in [0.05, 0.1) is 11.3 Å². The number of carbonyl (C=O) groups is 3. The molecule has 8 heteroatoms. The smallest absolute Gasteiger partial charge is 0.306 e. The van der Waals surface area contributed by atoms with Gasteiger partial charge in [-0.2, -0.15) is 0 Å². The van der Waals surface area contributed by atoms with Gasteiger partial charge in [-0.05, 0) is 56.3 Å². The minimum Gasteiger partial charge on any atom is -0.445 e. The Morgan fingerprint density at radius 2 is 2.06 bits per heavy atom. The van der Waals surface area contributed by atoms with E-state index in [9.17, 15) is 19.5 Å². The van der Waals surface area contributed by atoms with Gasteiger partial charge in [0, 0.05) is 23.2 Å². The zero-order valence-electron chi connectivity index (χ0n) is 19.2. The molecule has 4 aliphatic carbocycles. The molecule has 180 valence electrons. The van der Waals surface area contributed by atoms with Gasteiger partial charge in [-0.15, -0.1) is 11.6 Å². The summed E-state index contributed by atoms with van der Waals surface area (Å²) in [5, 5.41) is 11.0. The van der Waals surface area contributed by atoms with E-state index in [1.54, 1.807) is 19.9 Å². The minimum absolute atomic E-state index is 0.0254. The molecule has 0 amide bonds. The van der Waals surface area contributed by atoms with Crippen molar-refractivity contribution in [1.82, 2.24) is 0 Å². The number of thioether (sulfide) groups is 1. The number of esters is 1. The van der Waals surface area contributed by atoms with Crippen LogP contribution in [0.1, 0.15) is 52.9 Å². The minimum atomic E-state index is -2.04. The van der Waals surface area contributed by atoms with Crippen LogP contribution in [-0.2, 0) is 19.1 Å². The normalized spacial score (nSPS) is 43.9. The van der Waals surface area contributed by atoms with Gasteiger partial charge in [0.15, 0.2) is 11.5 Å². The Morgan fingerprint density at radius 3 is 2.70 bits per heavy atom. The number of aliphatic hydroxyl groups excluding tert-OH is 1. The first kappa shape index (κ1) is 24.7. The predicted octanol–water partition coefficient (Wildman–Crippen LogP) is 4.67. The lowest BCUT2D eigenvalue weighted by Gasteiger charge is -2.62. The number of halogens is 2. The van der Waals surface area contributed by atoms with Crippen LogP contribution >= 0.6 is 23.4 Å². The number of ether oxygens (including phenoxy) is 1. The van der Waals surface area contributed by atoms with Crippen molar-refractivity contribution in [3.63, 3.8) is 0 Å². The average molecular weight is 497 g/mol. The number of hydrogen-bond donors (Lipinski definition) is 1. The molecule has 4 aliphatic rings. The van der Waals surface area contributed by atoms with Crippen molar-refractivity contribution in [3.8, 4) is 0 Å². The molecule has 0 aromatic heterocycles. The van der Waals surface area contributed by atoms with Crippen molar-refractivity contribution in [1.29, 1.82) is 0 Å². The van der Waals surface area contributed by atoms with E-state index in [2.05, 4.69) is 6.58 Å². The molecule has 0 saturated heterocycles. The Balaban J connectivity index is 1.85. The largest absolute Gasteiger partial charge is 0.445 e. The lowest BCUT2D eigenvalue weighted by Crippen LogP contribution is -2.69. The van der Waals surface area contributed by atoms with Crippen LogP contribution in [0.2, 0.25) is 0 Å². The van der Waals surface area contributed by atoms with Crippen molar-refractivity contribution < 1.29 is 28.6 Å². The predicted molar refractivity (Wildman–Crippen MR) is 125 cm³/mol. The molecule has 0 spiro atoms. The zero-order chi connectivity index (χ0) is 24.4.